The minimum Gasteiger partial charge on any atom is -0.477 e. The number of thioether (sulfide) groups is 1. The monoisotopic (exact) mass is 315 g/mol. The SMILES string of the molecule is CCSc1nn(-c2c(F)cccc2Cl)c(N)c1C(=O)O. The van der Waals surface area contributed by atoms with Gasteiger partial charge in [0.15, 0.2) is 0 Å². The summed E-state index contributed by atoms with van der Waals surface area (Å²) >= 11 is 7.16. The Morgan fingerprint density at radius 2 is 2.30 bits per heavy atom. The number of hydrogen-bond donors (Lipinski definition) is 2. The molecule has 2 rings (SSSR count). The molecule has 106 valence electrons. The molecule has 0 unspecified atom stereocenters. The van der Waals surface area contributed by atoms with Gasteiger partial charge in [0.05, 0.1) is 5.02 Å². The van der Waals surface area contributed by atoms with Gasteiger partial charge in [0.1, 0.15) is 27.9 Å². The minimum absolute atomic E-state index is 0.0582. The average molecular weight is 316 g/mol. The molecule has 0 aliphatic carbocycles. The molecule has 8 heteroatoms. The molecule has 0 amide bonds. The quantitative estimate of drug-likeness (QED) is 0.847. The van der Waals surface area contributed by atoms with Gasteiger partial charge in [0, 0.05) is 0 Å². The summed E-state index contributed by atoms with van der Waals surface area (Å²) in [5.74, 6) is -1.38. The van der Waals surface area contributed by atoms with E-state index >= 15 is 0 Å². The van der Waals surface area contributed by atoms with Crippen molar-refractivity contribution in [1.29, 1.82) is 0 Å². The second-order valence-corrected chi connectivity index (χ2v) is 5.45. The van der Waals surface area contributed by atoms with Gasteiger partial charge in [0.25, 0.3) is 0 Å². The second-order valence-electron chi connectivity index (χ2n) is 3.79. The standard InChI is InChI=1S/C12H11ClFN3O2S/c1-2-20-11-8(12(18)19)10(15)17(16-11)9-6(13)4-3-5-7(9)14/h3-5H,2,15H2,1H3,(H,18,19). The predicted octanol–water partition coefficient (Wildman–Crippen LogP) is 3.06. The summed E-state index contributed by atoms with van der Waals surface area (Å²) in [5.41, 5.74) is 5.59. The lowest BCUT2D eigenvalue weighted by atomic mass is 10.3. The van der Waals surface area contributed by atoms with Gasteiger partial charge in [-0.05, 0) is 17.9 Å². The van der Waals surface area contributed by atoms with Crippen LogP contribution in [0.15, 0.2) is 23.2 Å². The minimum atomic E-state index is -1.21. The maximum atomic E-state index is 13.9. The van der Waals surface area contributed by atoms with Gasteiger partial charge in [0.2, 0.25) is 0 Å². The number of nitrogens with two attached hydrogens (primary N) is 1. The largest absolute Gasteiger partial charge is 0.477 e. The number of nitrogen functional groups attached to an aromatic ring is 1. The van der Waals surface area contributed by atoms with E-state index in [2.05, 4.69) is 5.10 Å². The van der Waals surface area contributed by atoms with Crippen LogP contribution in [0.4, 0.5) is 10.2 Å². The van der Waals surface area contributed by atoms with Gasteiger partial charge < -0.3 is 10.8 Å². The van der Waals surface area contributed by atoms with E-state index in [-0.39, 0.29) is 27.1 Å². The fraction of sp³-hybridized carbons (Fsp3) is 0.167. The molecule has 3 N–H and O–H groups in total. The Labute approximate surface area is 123 Å². The topological polar surface area (TPSA) is 81.1 Å². The van der Waals surface area contributed by atoms with Crippen LogP contribution in [0.25, 0.3) is 5.69 Å². The van der Waals surface area contributed by atoms with Crippen LogP contribution in [0, 0.1) is 5.82 Å². The Balaban J connectivity index is 2.70. The van der Waals surface area contributed by atoms with E-state index in [1.54, 1.807) is 0 Å². The fourth-order valence-electron chi connectivity index (χ4n) is 1.71. The first-order valence-corrected chi connectivity index (χ1v) is 7.02. The molecule has 5 nitrogen and oxygen atoms in total. The fourth-order valence-corrected chi connectivity index (χ4v) is 2.70. The number of rotatable bonds is 4. The number of para-hydroxylation sites is 1. The highest BCUT2D eigenvalue weighted by Crippen LogP contribution is 2.32. The molecule has 0 fully saturated rings. The highest BCUT2D eigenvalue weighted by Gasteiger charge is 2.24. The summed E-state index contributed by atoms with van der Waals surface area (Å²) in [6.07, 6.45) is 0. The van der Waals surface area contributed by atoms with Gasteiger partial charge in [-0.3, -0.25) is 0 Å². The summed E-state index contributed by atoms with van der Waals surface area (Å²) in [6.45, 7) is 1.85. The number of aromatic carboxylic acids is 1. The third-order valence-corrected chi connectivity index (χ3v) is 3.69. The molecule has 0 radical (unpaired) electrons. The number of aromatic nitrogens is 2. The van der Waals surface area contributed by atoms with Gasteiger partial charge in [-0.1, -0.05) is 24.6 Å². The van der Waals surface area contributed by atoms with Crippen LogP contribution >= 0.6 is 23.4 Å². The van der Waals surface area contributed by atoms with Crippen molar-refractivity contribution in [2.45, 2.75) is 11.9 Å². The van der Waals surface area contributed by atoms with Crippen LogP contribution in [-0.4, -0.2) is 26.6 Å². The van der Waals surface area contributed by atoms with Gasteiger partial charge in [-0.25, -0.2) is 13.9 Å². The van der Waals surface area contributed by atoms with Crippen molar-refractivity contribution in [2.75, 3.05) is 11.5 Å². The van der Waals surface area contributed by atoms with E-state index in [4.69, 9.17) is 17.3 Å². The van der Waals surface area contributed by atoms with Crippen LogP contribution in [0.3, 0.4) is 0 Å². The molecule has 0 bridgehead atoms. The molecular formula is C12H11ClFN3O2S. The Kier molecular flexibility index (Phi) is 4.20. The zero-order valence-electron chi connectivity index (χ0n) is 10.4. The second kappa shape index (κ2) is 5.72. The number of halogens is 2. The molecule has 0 aliphatic heterocycles. The predicted molar refractivity (Wildman–Crippen MR) is 76.3 cm³/mol. The van der Waals surface area contributed by atoms with Crippen molar-refractivity contribution in [3.05, 3.63) is 34.6 Å². The molecule has 0 atom stereocenters. The van der Waals surface area contributed by atoms with Crippen LogP contribution in [0.5, 0.6) is 0 Å². The van der Waals surface area contributed by atoms with Crippen molar-refractivity contribution >= 4 is 35.1 Å². The van der Waals surface area contributed by atoms with Crippen LogP contribution in [-0.2, 0) is 0 Å². The number of anilines is 1. The lowest BCUT2D eigenvalue weighted by molar-refractivity contribution is 0.0694. The Hall–Kier alpha value is -1.73. The van der Waals surface area contributed by atoms with Gasteiger partial charge in [-0.2, -0.15) is 5.10 Å². The van der Waals surface area contributed by atoms with E-state index in [1.165, 1.54) is 30.0 Å². The van der Waals surface area contributed by atoms with Crippen molar-refractivity contribution in [3.8, 4) is 5.69 Å². The van der Waals surface area contributed by atoms with Crippen molar-refractivity contribution in [2.24, 2.45) is 0 Å². The third-order valence-electron chi connectivity index (χ3n) is 2.53. The first-order chi connectivity index (χ1) is 9.47. The van der Waals surface area contributed by atoms with E-state index in [0.717, 1.165) is 4.68 Å². The first kappa shape index (κ1) is 14.7. The summed E-state index contributed by atoms with van der Waals surface area (Å²) in [5, 5.41) is 13.6. The van der Waals surface area contributed by atoms with Crippen molar-refractivity contribution in [3.63, 3.8) is 0 Å². The number of nitrogens with zero attached hydrogens (tertiary/aromatic N) is 2. The lowest BCUT2D eigenvalue weighted by Crippen LogP contribution is -2.07. The molecule has 2 aromatic rings. The Morgan fingerprint density at radius 3 is 2.85 bits per heavy atom. The molecule has 20 heavy (non-hydrogen) atoms. The van der Waals surface area contributed by atoms with Crippen molar-refractivity contribution in [1.82, 2.24) is 9.78 Å². The van der Waals surface area contributed by atoms with Crippen LogP contribution < -0.4 is 5.73 Å². The zero-order chi connectivity index (χ0) is 14.9. The van der Waals surface area contributed by atoms with Crippen LogP contribution in [0.1, 0.15) is 17.3 Å². The zero-order valence-corrected chi connectivity index (χ0v) is 12.0. The number of carbonyl (C=O) groups is 1. The summed E-state index contributed by atoms with van der Waals surface area (Å²) < 4.78 is 14.9. The van der Waals surface area contributed by atoms with E-state index in [1.807, 2.05) is 6.92 Å². The van der Waals surface area contributed by atoms with Crippen LogP contribution in [0.2, 0.25) is 5.02 Å². The number of hydrogen-bond acceptors (Lipinski definition) is 4. The molecular weight excluding hydrogens is 305 g/mol. The lowest BCUT2D eigenvalue weighted by Gasteiger charge is -2.07. The Morgan fingerprint density at radius 1 is 1.60 bits per heavy atom. The summed E-state index contributed by atoms with van der Waals surface area (Å²) in [7, 11) is 0. The molecule has 1 aromatic carbocycles. The Bertz CT molecular complexity index is 655. The van der Waals surface area contributed by atoms with Crippen molar-refractivity contribution < 1.29 is 14.3 Å². The summed E-state index contributed by atoms with van der Waals surface area (Å²) in [4.78, 5) is 11.3. The van der Waals surface area contributed by atoms with Gasteiger partial charge in [-0.15, -0.1) is 11.8 Å². The smallest absolute Gasteiger partial charge is 0.342 e. The first-order valence-electron chi connectivity index (χ1n) is 5.66. The number of carboxylic acids is 1. The van der Waals surface area contributed by atoms with E-state index in [9.17, 15) is 14.3 Å². The molecule has 0 saturated carbocycles. The van der Waals surface area contributed by atoms with E-state index < -0.39 is 11.8 Å². The highest BCUT2D eigenvalue weighted by molar-refractivity contribution is 7.99. The van der Waals surface area contributed by atoms with Gasteiger partial charge >= 0.3 is 5.97 Å². The molecule has 1 aromatic heterocycles. The number of benzene rings is 1. The summed E-state index contributed by atoms with van der Waals surface area (Å²) in [6, 6.07) is 4.13. The molecule has 0 saturated heterocycles. The molecule has 1 heterocycles. The molecule has 0 spiro atoms. The highest BCUT2D eigenvalue weighted by atomic mass is 35.5. The maximum absolute atomic E-state index is 13.9. The molecule has 0 aliphatic rings. The number of carboxylic acid groups (broad SMARTS) is 1. The average Bonchev–Trinajstić information content (AvgIpc) is 2.67. The normalized spacial score (nSPS) is 10.8. The third kappa shape index (κ3) is 2.46. The van der Waals surface area contributed by atoms with E-state index in [0.29, 0.717) is 5.75 Å². The maximum Gasteiger partial charge on any atom is 0.342 e.